The van der Waals surface area contributed by atoms with E-state index in [-0.39, 0.29) is 12.5 Å². The molecular weight excluding hydrogens is 386 g/mol. The number of para-hydroxylation sites is 1. The molecule has 0 radical (unpaired) electrons. The number of hydrogen-bond donors (Lipinski definition) is 1. The molecule has 0 aliphatic rings. The molecule has 0 unspecified atom stereocenters. The Kier molecular flexibility index (Phi) is 5.87. The highest BCUT2D eigenvalue weighted by Gasteiger charge is 2.09. The molecule has 0 saturated carbocycles. The van der Waals surface area contributed by atoms with E-state index in [0.29, 0.717) is 11.6 Å². The Balaban J connectivity index is 1.35. The van der Waals surface area contributed by atoms with Crippen LogP contribution in [0.25, 0.3) is 11.5 Å². The van der Waals surface area contributed by atoms with Crippen LogP contribution in [-0.4, -0.2) is 22.7 Å². The third-order valence-electron chi connectivity index (χ3n) is 3.96. The molecule has 0 aliphatic carbocycles. The summed E-state index contributed by atoms with van der Waals surface area (Å²) >= 11 is 1.60. The summed E-state index contributed by atoms with van der Waals surface area (Å²) in [6.45, 7) is -0.0930. The summed E-state index contributed by atoms with van der Waals surface area (Å²) in [6.07, 6.45) is 1.28. The summed E-state index contributed by atoms with van der Waals surface area (Å²) in [5, 5.41) is 10.4. The highest BCUT2D eigenvalue weighted by atomic mass is 32.2. The number of rotatable bonds is 7. The van der Waals surface area contributed by atoms with E-state index in [1.165, 1.54) is 6.39 Å². The molecule has 7 heteroatoms. The van der Waals surface area contributed by atoms with Gasteiger partial charge in [-0.05, 0) is 48.5 Å². The molecular formula is C22H17N3O3S. The van der Waals surface area contributed by atoms with Crippen LogP contribution in [0.3, 0.4) is 0 Å². The number of carbonyl (C=O) groups is 1. The minimum absolute atomic E-state index is 0.0930. The summed E-state index contributed by atoms with van der Waals surface area (Å²) in [4.78, 5) is 14.4. The Morgan fingerprint density at radius 3 is 2.48 bits per heavy atom. The maximum Gasteiger partial charge on any atom is 0.262 e. The van der Waals surface area contributed by atoms with E-state index in [4.69, 9.17) is 9.15 Å². The fourth-order valence-corrected chi connectivity index (χ4v) is 3.52. The molecule has 0 fully saturated rings. The van der Waals surface area contributed by atoms with Crippen molar-refractivity contribution in [2.75, 3.05) is 11.9 Å². The second-order valence-corrected chi connectivity index (χ2v) is 7.13. The monoisotopic (exact) mass is 403 g/mol. The van der Waals surface area contributed by atoms with E-state index in [2.05, 4.69) is 15.5 Å². The van der Waals surface area contributed by atoms with Crippen LogP contribution in [0.1, 0.15) is 0 Å². The topological polar surface area (TPSA) is 77.2 Å². The zero-order valence-corrected chi connectivity index (χ0v) is 16.1. The van der Waals surface area contributed by atoms with Crippen molar-refractivity contribution >= 4 is 23.4 Å². The van der Waals surface area contributed by atoms with E-state index in [0.717, 1.165) is 21.0 Å². The zero-order chi connectivity index (χ0) is 19.9. The fraction of sp³-hybridized carbons (Fsp3) is 0.0455. The number of amides is 1. The zero-order valence-electron chi connectivity index (χ0n) is 15.3. The summed E-state index contributed by atoms with van der Waals surface area (Å²) in [5.74, 6) is 0.782. The third kappa shape index (κ3) is 5.03. The quantitative estimate of drug-likeness (QED) is 0.473. The lowest BCUT2D eigenvalue weighted by Crippen LogP contribution is -2.20. The lowest BCUT2D eigenvalue weighted by atomic mass is 10.2. The molecule has 0 saturated heterocycles. The molecule has 4 aromatic rings. The number of hydrogen-bond acceptors (Lipinski definition) is 6. The van der Waals surface area contributed by atoms with Gasteiger partial charge in [-0.15, -0.1) is 10.2 Å². The van der Waals surface area contributed by atoms with Crippen LogP contribution >= 0.6 is 11.8 Å². The SMILES string of the molecule is O=C(COc1ccc(-c2nnco2)cc1)Nc1ccccc1Sc1ccccc1. The highest BCUT2D eigenvalue weighted by molar-refractivity contribution is 7.99. The van der Waals surface area contributed by atoms with Gasteiger partial charge in [0.1, 0.15) is 5.75 Å². The minimum atomic E-state index is -0.230. The molecule has 0 bridgehead atoms. The number of benzene rings is 3. The summed E-state index contributed by atoms with van der Waals surface area (Å²) < 4.78 is 10.7. The van der Waals surface area contributed by atoms with Gasteiger partial charge in [0.2, 0.25) is 12.3 Å². The third-order valence-corrected chi connectivity index (χ3v) is 5.05. The molecule has 1 aromatic heterocycles. The van der Waals surface area contributed by atoms with Crippen molar-refractivity contribution in [1.29, 1.82) is 0 Å². The number of aromatic nitrogens is 2. The Labute approximate surface area is 171 Å². The van der Waals surface area contributed by atoms with Gasteiger partial charge in [0.05, 0.1) is 5.69 Å². The predicted octanol–water partition coefficient (Wildman–Crippen LogP) is 4.91. The lowest BCUT2D eigenvalue weighted by Gasteiger charge is -2.11. The van der Waals surface area contributed by atoms with Crippen LogP contribution in [0.15, 0.2) is 99.5 Å². The van der Waals surface area contributed by atoms with Crippen molar-refractivity contribution in [3.8, 4) is 17.2 Å². The molecule has 3 aromatic carbocycles. The molecule has 0 aliphatic heterocycles. The van der Waals surface area contributed by atoms with E-state index in [1.54, 1.807) is 36.0 Å². The summed E-state index contributed by atoms with van der Waals surface area (Å²) in [5.41, 5.74) is 1.54. The van der Waals surface area contributed by atoms with Crippen LogP contribution in [0.4, 0.5) is 5.69 Å². The van der Waals surface area contributed by atoms with Gasteiger partial charge >= 0.3 is 0 Å². The molecule has 144 valence electrons. The highest BCUT2D eigenvalue weighted by Crippen LogP contribution is 2.33. The van der Waals surface area contributed by atoms with Crippen molar-refractivity contribution in [3.05, 3.63) is 85.3 Å². The first-order chi connectivity index (χ1) is 14.3. The molecule has 1 N–H and O–H groups in total. The van der Waals surface area contributed by atoms with Gasteiger partial charge in [0.25, 0.3) is 5.91 Å². The van der Waals surface area contributed by atoms with E-state index < -0.39 is 0 Å². The largest absolute Gasteiger partial charge is 0.484 e. The van der Waals surface area contributed by atoms with Crippen molar-refractivity contribution in [3.63, 3.8) is 0 Å². The standard InChI is InChI=1S/C22H17N3O3S/c26-21(14-27-17-12-10-16(11-13-17)22-25-23-15-28-22)24-19-8-4-5-9-20(19)29-18-6-2-1-3-7-18/h1-13,15H,14H2,(H,24,26). The lowest BCUT2D eigenvalue weighted by molar-refractivity contribution is -0.118. The van der Waals surface area contributed by atoms with Crippen molar-refractivity contribution < 1.29 is 13.9 Å². The second kappa shape index (κ2) is 9.07. The van der Waals surface area contributed by atoms with Gasteiger partial charge < -0.3 is 14.5 Å². The van der Waals surface area contributed by atoms with E-state index in [1.807, 2.05) is 54.6 Å². The van der Waals surface area contributed by atoms with Gasteiger partial charge in [-0.3, -0.25) is 4.79 Å². The van der Waals surface area contributed by atoms with Crippen LogP contribution in [-0.2, 0) is 4.79 Å². The normalized spacial score (nSPS) is 10.5. The molecule has 0 atom stereocenters. The number of nitrogens with one attached hydrogen (secondary N) is 1. The van der Waals surface area contributed by atoms with Crippen LogP contribution < -0.4 is 10.1 Å². The van der Waals surface area contributed by atoms with Crippen molar-refractivity contribution in [1.82, 2.24) is 10.2 Å². The average molecular weight is 403 g/mol. The predicted molar refractivity (Wildman–Crippen MR) is 111 cm³/mol. The molecule has 4 rings (SSSR count). The maximum atomic E-state index is 12.4. The molecule has 6 nitrogen and oxygen atoms in total. The minimum Gasteiger partial charge on any atom is -0.484 e. The van der Waals surface area contributed by atoms with E-state index in [9.17, 15) is 4.79 Å². The molecule has 1 amide bonds. The van der Waals surface area contributed by atoms with Crippen LogP contribution in [0.5, 0.6) is 5.75 Å². The molecule has 1 heterocycles. The van der Waals surface area contributed by atoms with Gasteiger partial charge in [-0.25, -0.2) is 0 Å². The van der Waals surface area contributed by atoms with Crippen LogP contribution in [0, 0.1) is 0 Å². The van der Waals surface area contributed by atoms with Gasteiger partial charge in [-0.2, -0.15) is 0 Å². The summed E-state index contributed by atoms with van der Waals surface area (Å²) in [7, 11) is 0. The van der Waals surface area contributed by atoms with Gasteiger partial charge in [-0.1, -0.05) is 42.1 Å². The van der Waals surface area contributed by atoms with Gasteiger partial charge in [0.15, 0.2) is 6.61 Å². The van der Waals surface area contributed by atoms with Crippen LogP contribution in [0.2, 0.25) is 0 Å². The number of anilines is 1. The summed E-state index contributed by atoms with van der Waals surface area (Å²) in [6, 6.07) is 24.8. The van der Waals surface area contributed by atoms with Gasteiger partial charge in [0, 0.05) is 15.4 Å². The first-order valence-electron chi connectivity index (χ1n) is 8.89. The smallest absolute Gasteiger partial charge is 0.262 e. The fourth-order valence-electron chi connectivity index (χ4n) is 2.60. The Morgan fingerprint density at radius 2 is 1.72 bits per heavy atom. The van der Waals surface area contributed by atoms with E-state index >= 15 is 0 Å². The molecule has 0 spiro atoms. The number of ether oxygens (including phenoxy) is 1. The number of nitrogens with zero attached hydrogens (tertiary/aromatic N) is 2. The Hall–Kier alpha value is -3.58. The average Bonchev–Trinajstić information content (AvgIpc) is 3.30. The maximum absolute atomic E-state index is 12.4. The number of carbonyl (C=O) groups excluding carboxylic acids is 1. The Bertz CT molecular complexity index is 1070. The first kappa shape index (κ1) is 18.8. The Morgan fingerprint density at radius 1 is 0.966 bits per heavy atom. The molecule has 29 heavy (non-hydrogen) atoms. The van der Waals surface area contributed by atoms with Crippen molar-refractivity contribution in [2.45, 2.75) is 9.79 Å². The first-order valence-corrected chi connectivity index (χ1v) is 9.71. The second-order valence-electron chi connectivity index (χ2n) is 6.02. The van der Waals surface area contributed by atoms with Crippen molar-refractivity contribution in [2.24, 2.45) is 0 Å².